The number of thiazole rings is 3. The number of benzene rings is 7. The molecule has 0 aliphatic heterocycles. The average molecular weight is 1290 g/mol. The Hall–Kier alpha value is -9.64. The maximum Gasteiger partial charge on any atom is 1.00 e. The molecule has 0 aliphatic carbocycles. The number of esters is 2. The third-order valence-electron chi connectivity index (χ3n) is 11.7. The number of methoxy groups -OCH3 is 5. The predicted octanol–water partition coefficient (Wildman–Crippen LogP) is 8.41. The van der Waals surface area contributed by atoms with E-state index in [1.54, 1.807) is 105 Å². The summed E-state index contributed by atoms with van der Waals surface area (Å²) in [7, 11) is 6.05. The number of rotatable bonds is 17. The van der Waals surface area contributed by atoms with E-state index in [1.807, 2.05) is 91.0 Å². The van der Waals surface area contributed by atoms with Crippen molar-refractivity contribution in [2.24, 2.45) is 0 Å². The van der Waals surface area contributed by atoms with Crippen LogP contribution in [0.4, 0.5) is 26.8 Å². The largest absolute Gasteiger partial charge is 1.00 e. The maximum atomic E-state index is 12.4. The van der Waals surface area contributed by atoms with E-state index in [1.165, 1.54) is 25.6 Å². The van der Waals surface area contributed by atoms with Crippen LogP contribution in [0.2, 0.25) is 0 Å². The number of aldehydes is 1. The molecule has 0 spiro atoms. The van der Waals surface area contributed by atoms with Gasteiger partial charge in [0.05, 0.1) is 88.7 Å². The molecule has 7 N–H and O–H groups in total. The normalized spacial score (nSPS) is 9.96. The van der Waals surface area contributed by atoms with Gasteiger partial charge in [0, 0.05) is 45.0 Å². The molecule has 7 aromatic carbocycles. The van der Waals surface area contributed by atoms with Crippen molar-refractivity contribution in [3.8, 4) is 17.2 Å². The minimum absolute atomic E-state index is 0. The van der Waals surface area contributed by atoms with Gasteiger partial charge in [-0.3, -0.25) is 24.0 Å². The molecule has 10 aromatic rings. The zero-order chi connectivity index (χ0) is 64.4. The monoisotopic (exact) mass is 1290 g/mol. The van der Waals surface area contributed by atoms with Crippen molar-refractivity contribution >= 4 is 141 Å². The first-order chi connectivity index (χ1) is 42.8. The van der Waals surface area contributed by atoms with Crippen molar-refractivity contribution in [1.29, 1.82) is 0 Å². The summed E-state index contributed by atoms with van der Waals surface area (Å²) in [4.78, 5) is 89.4. The molecule has 0 fully saturated rings. The predicted molar refractivity (Wildman–Crippen MR) is 346 cm³/mol. The molecular weight excluding hydrogens is 1230 g/mol. The molecule has 0 unspecified atom stereocenters. The van der Waals surface area contributed by atoms with Crippen LogP contribution in [0.3, 0.4) is 0 Å². The number of nitrogens with two attached hydrogens (primary N) is 2. The molecule has 23 nitrogen and oxygen atoms in total. The first-order valence-corrected chi connectivity index (χ1v) is 28.9. The Morgan fingerprint density at radius 3 is 1.29 bits per heavy atom. The average Bonchev–Trinajstić information content (AvgIpc) is 2.00. The van der Waals surface area contributed by atoms with Crippen LogP contribution in [-0.2, 0) is 50.9 Å². The number of carbonyl (C=O) groups is 7. The van der Waals surface area contributed by atoms with E-state index in [0.717, 1.165) is 96.3 Å². The zero-order valence-electron chi connectivity index (χ0n) is 51.3. The summed E-state index contributed by atoms with van der Waals surface area (Å²) in [5.74, 6) is -0.580. The fourth-order valence-corrected chi connectivity index (χ4v) is 9.91. The second kappa shape index (κ2) is 36.0. The number of ether oxygens (including phenoxy) is 5. The minimum Gasteiger partial charge on any atom is -1.00 e. The van der Waals surface area contributed by atoms with E-state index in [-0.39, 0.29) is 42.9 Å². The molecule has 90 heavy (non-hydrogen) atoms. The fourth-order valence-electron chi connectivity index (χ4n) is 7.37. The Kier molecular flexibility index (Phi) is 28.4. The number of nitrogens with zero attached hydrogens (tertiary/aromatic N) is 3. The van der Waals surface area contributed by atoms with Gasteiger partial charge in [-0.2, -0.15) is 0 Å². The van der Waals surface area contributed by atoms with E-state index >= 15 is 0 Å². The number of aromatic nitrogens is 3. The van der Waals surface area contributed by atoms with Crippen molar-refractivity contribution in [3.05, 3.63) is 185 Å². The SMILES string of the molecule is CC(=O)OB(OC(C)=O)OC(C)=O.COC(=O)c1ccc(C=O)cc1.COC(=O)c1ccc(CNc2nc3ccc(OC)cc3s2)cc1.COc1ccc2nc(N)sc2c1.COc1ccc2nc(NCc3ccc(C(=O)Nc4ccccc4N)cc3)sc2c1.[H-].[Na+]. The van der Waals surface area contributed by atoms with Gasteiger partial charge in [-0.1, -0.05) is 82.5 Å². The van der Waals surface area contributed by atoms with Crippen LogP contribution in [0, 0.1) is 0 Å². The van der Waals surface area contributed by atoms with E-state index in [0.29, 0.717) is 51.8 Å². The van der Waals surface area contributed by atoms with Gasteiger partial charge < -0.3 is 66.5 Å². The molecule has 1 amide bonds. The maximum absolute atomic E-state index is 12.4. The quantitative estimate of drug-likeness (QED) is 0.0247. The molecular formula is C62H62BN8NaO15S3. The summed E-state index contributed by atoms with van der Waals surface area (Å²) in [5, 5.41) is 11.8. The minimum atomic E-state index is -1.59. The fraction of sp³-hybridized carbons (Fsp3) is 0.161. The molecule has 0 atom stereocenters. The number of fused-ring (bicyclic) bond motifs is 3. The smallest absolute Gasteiger partial charge is 1.00 e. The number of amides is 1. The first kappa shape index (κ1) is 71.1. The molecule has 0 bridgehead atoms. The molecule has 28 heteroatoms. The van der Waals surface area contributed by atoms with Crippen LogP contribution >= 0.6 is 34.0 Å². The van der Waals surface area contributed by atoms with Crippen molar-refractivity contribution < 1.29 is 102 Å². The summed E-state index contributed by atoms with van der Waals surface area (Å²) in [5.41, 5.74) is 19.6. The second-order valence-electron chi connectivity index (χ2n) is 18.1. The van der Waals surface area contributed by atoms with E-state index < -0.39 is 31.2 Å². The number of nitrogens with one attached hydrogen (secondary N) is 3. The third kappa shape index (κ3) is 22.5. The van der Waals surface area contributed by atoms with Crippen LogP contribution < -0.4 is 71.2 Å². The number of carbonyl (C=O) groups excluding carboxylic acids is 7. The standard InChI is InChI=1S/C22H20N4O2S.C17H16N2O3S.C9H8O3.C8H8N2OS.C6H9BO6.Na.H/c1-28-16-10-11-19-20(12-16)29-22(26-19)24-13-14-6-8-15(9-7-14)21(27)25-18-5-3-2-4-17(18)23;1-21-13-7-8-14-15(9-13)23-17(19-14)18-10-11-3-5-12(6-4-11)16(20)22-2;1-12-9(11)8-4-2-7(6-10)3-5-8;1-11-5-2-3-6-7(4-5)12-8(9)10-6;1-4(8)11-7(12-5(2)9)13-6(3)10;;/h2-12H,13,23H2,1H3,(H,24,26)(H,25,27);3-9H,10H2,1-2H3,(H,18,19);2-6H,1H3;2-4H,1H3,(H2,9,10);1-3H3;;/q;;;;;+1;-1. The summed E-state index contributed by atoms with van der Waals surface area (Å²) in [6.07, 6.45) is 0.723. The Bertz CT molecular complexity index is 4010. The summed E-state index contributed by atoms with van der Waals surface area (Å²) in [6, 6.07) is 45.5. The van der Waals surface area contributed by atoms with Gasteiger partial charge >= 0.3 is 48.8 Å². The Labute approximate surface area is 553 Å². The molecule has 0 saturated heterocycles. The molecule has 462 valence electrons. The molecule has 0 radical (unpaired) electrons. The van der Waals surface area contributed by atoms with Crippen LogP contribution in [-0.4, -0.2) is 99.9 Å². The van der Waals surface area contributed by atoms with Gasteiger partial charge in [-0.15, -0.1) is 0 Å². The van der Waals surface area contributed by atoms with Crippen molar-refractivity contribution in [2.75, 3.05) is 63.0 Å². The number of hydrogen-bond acceptors (Lipinski definition) is 25. The Morgan fingerprint density at radius 1 is 0.511 bits per heavy atom. The second-order valence-corrected chi connectivity index (χ2v) is 21.2. The Balaban J connectivity index is 0.000000255. The van der Waals surface area contributed by atoms with Gasteiger partial charge in [-0.25, -0.2) is 24.5 Å². The van der Waals surface area contributed by atoms with Crippen molar-refractivity contribution in [3.63, 3.8) is 0 Å². The summed E-state index contributed by atoms with van der Waals surface area (Å²) in [6.45, 7) is 4.54. The number of hydrogen-bond donors (Lipinski definition) is 5. The number of anilines is 5. The van der Waals surface area contributed by atoms with Crippen molar-refractivity contribution in [2.45, 2.75) is 33.9 Å². The van der Waals surface area contributed by atoms with Crippen LogP contribution in [0.15, 0.2) is 152 Å². The number of para-hydroxylation sites is 2. The zero-order valence-corrected chi connectivity index (χ0v) is 54.8. The topological polar surface area (TPSA) is 320 Å². The first-order valence-electron chi connectivity index (χ1n) is 26.4. The van der Waals surface area contributed by atoms with E-state index in [2.05, 4.69) is 54.3 Å². The van der Waals surface area contributed by atoms with Crippen molar-refractivity contribution in [1.82, 2.24) is 15.0 Å². The van der Waals surface area contributed by atoms with E-state index in [9.17, 15) is 33.6 Å². The third-order valence-corrected chi connectivity index (χ3v) is 14.5. The van der Waals surface area contributed by atoms with E-state index in [4.69, 9.17) is 25.7 Å². The van der Waals surface area contributed by atoms with Gasteiger partial charge in [0.15, 0.2) is 15.4 Å². The van der Waals surface area contributed by atoms with Gasteiger partial charge in [0.1, 0.15) is 23.5 Å². The summed E-state index contributed by atoms with van der Waals surface area (Å²) < 4.78 is 41.0. The molecule has 0 aliphatic rings. The van der Waals surface area contributed by atoms with Gasteiger partial charge in [0.25, 0.3) is 23.8 Å². The van der Waals surface area contributed by atoms with Gasteiger partial charge in [-0.05, 0) is 114 Å². The molecule has 3 aromatic heterocycles. The molecule has 0 saturated carbocycles. The summed E-state index contributed by atoms with van der Waals surface area (Å²) >= 11 is 4.63. The molecule has 10 rings (SSSR count). The number of nitrogen functional groups attached to an aromatic ring is 2. The Morgan fingerprint density at radius 2 is 0.900 bits per heavy atom. The van der Waals surface area contributed by atoms with Gasteiger partial charge in [0.2, 0.25) is 0 Å². The van der Waals surface area contributed by atoms with Crippen LogP contribution in [0.1, 0.15) is 74.8 Å². The molecule has 3 heterocycles. The van der Waals surface area contributed by atoms with Crippen LogP contribution in [0.5, 0.6) is 17.2 Å². The van der Waals surface area contributed by atoms with Crippen LogP contribution in [0.25, 0.3) is 30.6 Å².